The molecule has 2 aromatic carbocycles. The molecule has 0 bridgehead atoms. The zero-order valence-electron chi connectivity index (χ0n) is 13.8. The molecule has 0 spiro atoms. The van der Waals surface area contributed by atoms with Crippen LogP contribution in [0.5, 0.6) is 5.75 Å². The number of fused-ring (bicyclic) bond motifs is 1. The van der Waals surface area contributed by atoms with Crippen LogP contribution in [-0.4, -0.2) is 31.1 Å². The molecule has 0 unspecified atom stereocenters. The molecule has 0 saturated carbocycles. The van der Waals surface area contributed by atoms with Crippen LogP contribution in [0.15, 0.2) is 54.7 Å². The summed E-state index contributed by atoms with van der Waals surface area (Å²) in [5.41, 5.74) is 1.75. The van der Waals surface area contributed by atoms with E-state index in [0.29, 0.717) is 17.0 Å². The normalized spacial score (nSPS) is 10.3. The van der Waals surface area contributed by atoms with Crippen molar-refractivity contribution in [3.05, 3.63) is 65.9 Å². The molecule has 1 aromatic heterocycles. The number of ether oxygens (including phenoxy) is 2. The lowest BCUT2D eigenvalue weighted by Gasteiger charge is -2.12. The summed E-state index contributed by atoms with van der Waals surface area (Å²) < 4.78 is 9.90. The summed E-state index contributed by atoms with van der Waals surface area (Å²) in [6.07, 6.45) is 1.58. The van der Waals surface area contributed by atoms with Crippen LogP contribution in [0.25, 0.3) is 10.9 Å². The topological polar surface area (TPSA) is 77.5 Å². The number of para-hydroxylation sites is 1. The molecular formula is C19H16N2O4. The number of methoxy groups -OCH3 is 2. The van der Waals surface area contributed by atoms with Crippen LogP contribution in [0.3, 0.4) is 0 Å². The number of amides is 1. The van der Waals surface area contributed by atoms with Crippen LogP contribution < -0.4 is 10.1 Å². The number of benzene rings is 2. The summed E-state index contributed by atoms with van der Waals surface area (Å²) in [4.78, 5) is 29.0. The van der Waals surface area contributed by atoms with Crippen LogP contribution in [0, 0.1) is 0 Å². The molecule has 0 atom stereocenters. The van der Waals surface area contributed by atoms with E-state index in [4.69, 9.17) is 9.47 Å². The average molecular weight is 336 g/mol. The molecule has 1 N–H and O–H groups in total. The molecule has 3 rings (SSSR count). The first-order valence-electron chi connectivity index (χ1n) is 7.55. The van der Waals surface area contributed by atoms with Gasteiger partial charge in [-0.2, -0.15) is 0 Å². The lowest BCUT2D eigenvalue weighted by Crippen LogP contribution is -2.16. The SMILES string of the molecule is COC(=O)c1cc(OC)ccc1NC(=O)c1ccnc2ccccc12. The van der Waals surface area contributed by atoms with Gasteiger partial charge in [0.1, 0.15) is 5.75 Å². The fraction of sp³-hybridized carbons (Fsp3) is 0.105. The standard InChI is InChI=1S/C19H16N2O4/c1-24-12-7-8-17(15(11-12)19(23)25-2)21-18(22)14-9-10-20-16-6-4-3-5-13(14)16/h3-11H,1-2H3,(H,21,22). The maximum Gasteiger partial charge on any atom is 0.340 e. The number of hydrogen-bond acceptors (Lipinski definition) is 5. The molecule has 25 heavy (non-hydrogen) atoms. The number of pyridine rings is 1. The van der Waals surface area contributed by atoms with Crippen molar-refractivity contribution in [2.75, 3.05) is 19.5 Å². The van der Waals surface area contributed by atoms with E-state index in [2.05, 4.69) is 10.3 Å². The Bertz CT molecular complexity index is 948. The summed E-state index contributed by atoms with van der Waals surface area (Å²) in [7, 11) is 2.78. The van der Waals surface area contributed by atoms with Crippen LogP contribution in [0.1, 0.15) is 20.7 Å². The summed E-state index contributed by atoms with van der Waals surface area (Å²) in [5, 5.41) is 3.49. The third kappa shape index (κ3) is 3.28. The van der Waals surface area contributed by atoms with Gasteiger partial charge in [0.05, 0.1) is 36.6 Å². The highest BCUT2D eigenvalue weighted by atomic mass is 16.5. The average Bonchev–Trinajstić information content (AvgIpc) is 2.67. The Kier molecular flexibility index (Phi) is 4.61. The number of esters is 1. The fourth-order valence-corrected chi connectivity index (χ4v) is 2.52. The summed E-state index contributed by atoms with van der Waals surface area (Å²) in [5.74, 6) is -0.407. The predicted molar refractivity (Wildman–Crippen MR) is 94.0 cm³/mol. The Morgan fingerprint density at radius 2 is 1.80 bits per heavy atom. The predicted octanol–water partition coefficient (Wildman–Crippen LogP) is 3.28. The number of nitrogens with one attached hydrogen (secondary N) is 1. The molecule has 126 valence electrons. The molecule has 1 amide bonds. The molecule has 0 aliphatic carbocycles. The zero-order valence-corrected chi connectivity index (χ0v) is 13.8. The van der Waals surface area contributed by atoms with E-state index in [1.807, 2.05) is 24.3 Å². The minimum Gasteiger partial charge on any atom is -0.497 e. The van der Waals surface area contributed by atoms with Gasteiger partial charge in [-0.3, -0.25) is 9.78 Å². The van der Waals surface area contributed by atoms with Gasteiger partial charge in [0, 0.05) is 11.6 Å². The van der Waals surface area contributed by atoms with Gasteiger partial charge in [-0.25, -0.2) is 4.79 Å². The van der Waals surface area contributed by atoms with Gasteiger partial charge in [0.25, 0.3) is 5.91 Å². The molecular weight excluding hydrogens is 320 g/mol. The van der Waals surface area contributed by atoms with Crippen molar-refractivity contribution in [3.63, 3.8) is 0 Å². The molecule has 0 aliphatic rings. The molecule has 6 nitrogen and oxygen atoms in total. The van der Waals surface area contributed by atoms with Gasteiger partial charge >= 0.3 is 5.97 Å². The Morgan fingerprint density at radius 1 is 1.00 bits per heavy atom. The maximum atomic E-state index is 12.7. The number of rotatable bonds is 4. The zero-order chi connectivity index (χ0) is 17.8. The second-order valence-corrected chi connectivity index (χ2v) is 5.23. The molecule has 0 aliphatic heterocycles. The van der Waals surface area contributed by atoms with E-state index in [0.717, 1.165) is 10.9 Å². The lowest BCUT2D eigenvalue weighted by atomic mass is 10.1. The number of aromatic nitrogens is 1. The molecule has 1 heterocycles. The largest absolute Gasteiger partial charge is 0.497 e. The van der Waals surface area contributed by atoms with Crippen LogP contribution in [-0.2, 0) is 4.74 Å². The molecule has 6 heteroatoms. The van der Waals surface area contributed by atoms with E-state index >= 15 is 0 Å². The second kappa shape index (κ2) is 7.00. The van der Waals surface area contributed by atoms with Crippen LogP contribution in [0.4, 0.5) is 5.69 Å². The van der Waals surface area contributed by atoms with Crippen molar-refractivity contribution < 1.29 is 19.1 Å². The lowest BCUT2D eigenvalue weighted by molar-refractivity contribution is 0.0601. The van der Waals surface area contributed by atoms with Crippen LogP contribution >= 0.6 is 0 Å². The highest BCUT2D eigenvalue weighted by Gasteiger charge is 2.17. The Labute approximate surface area is 144 Å². The van der Waals surface area contributed by atoms with Gasteiger partial charge < -0.3 is 14.8 Å². The summed E-state index contributed by atoms with van der Waals surface area (Å²) in [6.45, 7) is 0. The van der Waals surface area contributed by atoms with E-state index < -0.39 is 5.97 Å². The van der Waals surface area contributed by atoms with Gasteiger partial charge in [-0.15, -0.1) is 0 Å². The number of carbonyl (C=O) groups is 2. The van der Waals surface area contributed by atoms with E-state index in [1.165, 1.54) is 20.3 Å². The van der Waals surface area contributed by atoms with Crippen molar-refractivity contribution in [3.8, 4) is 5.75 Å². The monoisotopic (exact) mass is 336 g/mol. The summed E-state index contributed by atoms with van der Waals surface area (Å²) in [6, 6.07) is 13.8. The first-order valence-corrected chi connectivity index (χ1v) is 7.55. The van der Waals surface area contributed by atoms with Crippen molar-refractivity contribution in [2.24, 2.45) is 0 Å². The molecule has 0 saturated heterocycles. The molecule has 3 aromatic rings. The number of carbonyl (C=O) groups excluding carboxylic acids is 2. The highest BCUT2D eigenvalue weighted by molar-refractivity contribution is 6.14. The first-order chi connectivity index (χ1) is 12.1. The second-order valence-electron chi connectivity index (χ2n) is 5.23. The van der Waals surface area contributed by atoms with Crippen molar-refractivity contribution in [2.45, 2.75) is 0 Å². The molecule has 0 radical (unpaired) electrons. The summed E-state index contributed by atoms with van der Waals surface area (Å²) >= 11 is 0. The Hall–Kier alpha value is -3.41. The quantitative estimate of drug-likeness (QED) is 0.740. The third-order valence-electron chi connectivity index (χ3n) is 3.77. The minimum absolute atomic E-state index is 0.216. The van der Waals surface area contributed by atoms with E-state index in [1.54, 1.807) is 24.4 Å². The Balaban J connectivity index is 1.99. The number of anilines is 1. The number of nitrogens with zero attached hydrogens (tertiary/aromatic N) is 1. The van der Waals surface area contributed by atoms with Gasteiger partial charge in [0.2, 0.25) is 0 Å². The van der Waals surface area contributed by atoms with E-state index in [9.17, 15) is 9.59 Å². The smallest absolute Gasteiger partial charge is 0.340 e. The van der Waals surface area contributed by atoms with Crippen LogP contribution in [0.2, 0.25) is 0 Å². The van der Waals surface area contributed by atoms with Crippen molar-refractivity contribution in [1.82, 2.24) is 4.98 Å². The maximum absolute atomic E-state index is 12.7. The van der Waals surface area contributed by atoms with Crippen molar-refractivity contribution in [1.29, 1.82) is 0 Å². The van der Waals surface area contributed by atoms with Gasteiger partial charge in [-0.05, 0) is 30.3 Å². The fourth-order valence-electron chi connectivity index (χ4n) is 2.52. The highest BCUT2D eigenvalue weighted by Crippen LogP contribution is 2.24. The van der Waals surface area contributed by atoms with Crippen molar-refractivity contribution >= 4 is 28.5 Å². The Morgan fingerprint density at radius 3 is 2.56 bits per heavy atom. The number of hydrogen-bond donors (Lipinski definition) is 1. The minimum atomic E-state index is -0.561. The third-order valence-corrected chi connectivity index (χ3v) is 3.77. The van der Waals surface area contributed by atoms with E-state index in [-0.39, 0.29) is 11.5 Å². The molecule has 0 fully saturated rings. The first kappa shape index (κ1) is 16.4. The van der Waals surface area contributed by atoms with Gasteiger partial charge in [0.15, 0.2) is 0 Å². The van der Waals surface area contributed by atoms with Gasteiger partial charge in [-0.1, -0.05) is 18.2 Å².